The molecule has 0 amide bonds. The minimum Gasteiger partial charge on any atom is -0.452 e. The number of benzene rings is 1. The van der Waals surface area contributed by atoms with Crippen LogP contribution in [0, 0.1) is 5.92 Å². The van der Waals surface area contributed by atoms with Crippen molar-refractivity contribution in [3.8, 4) is 0 Å². The van der Waals surface area contributed by atoms with Crippen LogP contribution in [0.15, 0.2) is 30.3 Å². The Labute approximate surface area is 124 Å². The largest absolute Gasteiger partial charge is 0.452 e. The molecule has 5 nitrogen and oxygen atoms in total. The van der Waals surface area contributed by atoms with Gasteiger partial charge in [-0.25, -0.2) is 4.79 Å². The Balaban J connectivity index is 2.11. The Morgan fingerprint density at radius 3 is 2.43 bits per heavy atom. The zero-order chi connectivity index (χ0) is 15.4. The van der Waals surface area contributed by atoms with Crippen molar-refractivity contribution in [3.05, 3.63) is 35.9 Å². The molecule has 0 aliphatic carbocycles. The Morgan fingerprint density at radius 2 is 1.86 bits per heavy atom. The number of ether oxygens (including phenoxy) is 3. The Morgan fingerprint density at radius 1 is 1.19 bits per heavy atom. The molecule has 0 bridgehead atoms. The van der Waals surface area contributed by atoms with E-state index in [-0.39, 0.29) is 12.0 Å². The molecule has 4 atom stereocenters. The van der Waals surface area contributed by atoms with Crippen molar-refractivity contribution in [1.82, 2.24) is 0 Å². The first-order valence-corrected chi connectivity index (χ1v) is 7.11. The van der Waals surface area contributed by atoms with Gasteiger partial charge in [0, 0.05) is 12.8 Å². The molecular formula is C16H20O5. The van der Waals surface area contributed by atoms with Gasteiger partial charge in [-0.05, 0) is 18.6 Å². The number of esters is 2. The summed E-state index contributed by atoms with van der Waals surface area (Å²) in [6.45, 7) is 5.22. The summed E-state index contributed by atoms with van der Waals surface area (Å²) in [6.07, 6.45) is -0.761. The molecule has 21 heavy (non-hydrogen) atoms. The van der Waals surface area contributed by atoms with Gasteiger partial charge in [0.15, 0.2) is 6.10 Å². The highest BCUT2D eigenvalue weighted by molar-refractivity contribution is 5.89. The fraction of sp³-hybridized carbons (Fsp3) is 0.500. The zero-order valence-electron chi connectivity index (χ0n) is 12.4. The van der Waals surface area contributed by atoms with Gasteiger partial charge in [-0.2, -0.15) is 0 Å². The fourth-order valence-electron chi connectivity index (χ4n) is 2.49. The van der Waals surface area contributed by atoms with E-state index in [9.17, 15) is 9.59 Å². The van der Waals surface area contributed by atoms with Crippen molar-refractivity contribution in [1.29, 1.82) is 0 Å². The molecule has 1 unspecified atom stereocenters. The first kappa shape index (κ1) is 15.5. The van der Waals surface area contributed by atoms with Gasteiger partial charge in [0.25, 0.3) is 0 Å². The van der Waals surface area contributed by atoms with E-state index in [4.69, 9.17) is 14.2 Å². The van der Waals surface area contributed by atoms with Crippen LogP contribution in [0.5, 0.6) is 0 Å². The maximum absolute atomic E-state index is 12.2. The smallest absolute Gasteiger partial charge is 0.338 e. The van der Waals surface area contributed by atoms with Gasteiger partial charge in [0.1, 0.15) is 0 Å². The topological polar surface area (TPSA) is 61.8 Å². The molecule has 1 aromatic carbocycles. The first-order valence-electron chi connectivity index (χ1n) is 7.11. The highest BCUT2D eigenvalue weighted by atomic mass is 16.7. The van der Waals surface area contributed by atoms with Gasteiger partial charge in [-0.1, -0.05) is 32.0 Å². The Hall–Kier alpha value is -1.88. The number of rotatable bonds is 4. The van der Waals surface area contributed by atoms with Gasteiger partial charge in [0.05, 0.1) is 11.7 Å². The second-order valence-corrected chi connectivity index (χ2v) is 5.16. The van der Waals surface area contributed by atoms with Crippen LogP contribution in [0.2, 0.25) is 0 Å². The summed E-state index contributed by atoms with van der Waals surface area (Å²) in [6, 6.07) is 8.72. The van der Waals surface area contributed by atoms with Crippen molar-refractivity contribution in [2.75, 3.05) is 0 Å². The molecule has 1 fully saturated rings. The van der Waals surface area contributed by atoms with E-state index in [1.165, 1.54) is 6.92 Å². The summed E-state index contributed by atoms with van der Waals surface area (Å²) in [5.74, 6) is -0.929. The van der Waals surface area contributed by atoms with E-state index in [0.29, 0.717) is 5.56 Å². The summed E-state index contributed by atoms with van der Waals surface area (Å²) < 4.78 is 16.3. The molecule has 5 heteroatoms. The van der Waals surface area contributed by atoms with E-state index in [1.54, 1.807) is 24.3 Å². The summed E-state index contributed by atoms with van der Waals surface area (Å²) >= 11 is 0. The van der Waals surface area contributed by atoms with Crippen LogP contribution in [0.4, 0.5) is 0 Å². The second kappa shape index (κ2) is 6.72. The molecule has 1 saturated heterocycles. The molecule has 0 N–H and O–H groups in total. The molecule has 2 rings (SSSR count). The Kier molecular flexibility index (Phi) is 4.96. The van der Waals surface area contributed by atoms with Gasteiger partial charge in [0.2, 0.25) is 6.29 Å². The van der Waals surface area contributed by atoms with Crippen LogP contribution < -0.4 is 0 Å². The van der Waals surface area contributed by atoms with Crippen molar-refractivity contribution in [2.45, 2.75) is 45.7 Å². The average molecular weight is 292 g/mol. The van der Waals surface area contributed by atoms with Crippen LogP contribution in [0.3, 0.4) is 0 Å². The molecule has 0 radical (unpaired) electrons. The summed E-state index contributed by atoms with van der Waals surface area (Å²) in [7, 11) is 0. The highest BCUT2D eigenvalue weighted by Gasteiger charge is 2.45. The standard InChI is InChI=1S/C16H20O5/c1-4-13-10(2)14(16(20-13)19-11(3)17)21-15(18)12-8-6-5-7-9-12/h5-10,13-14,16H,4H2,1-3H3/t10-,13-,14+,16?/m0/s1. The third-order valence-corrected chi connectivity index (χ3v) is 3.62. The minimum atomic E-state index is -0.838. The third kappa shape index (κ3) is 3.61. The average Bonchev–Trinajstić information content (AvgIpc) is 2.76. The highest BCUT2D eigenvalue weighted by Crippen LogP contribution is 2.32. The molecule has 0 spiro atoms. The lowest BCUT2D eigenvalue weighted by Crippen LogP contribution is -2.34. The molecule has 0 saturated carbocycles. The molecule has 1 aromatic rings. The summed E-state index contributed by atoms with van der Waals surface area (Å²) in [5, 5.41) is 0. The zero-order valence-corrected chi connectivity index (χ0v) is 12.4. The van der Waals surface area contributed by atoms with E-state index < -0.39 is 24.3 Å². The quantitative estimate of drug-likeness (QED) is 0.798. The van der Waals surface area contributed by atoms with Gasteiger partial charge < -0.3 is 14.2 Å². The fourth-order valence-corrected chi connectivity index (χ4v) is 2.49. The molecule has 1 aliphatic heterocycles. The van der Waals surface area contributed by atoms with Crippen molar-refractivity contribution in [2.24, 2.45) is 5.92 Å². The molecule has 114 valence electrons. The summed E-state index contributed by atoms with van der Waals surface area (Å²) in [4.78, 5) is 23.3. The van der Waals surface area contributed by atoms with E-state index in [1.807, 2.05) is 19.9 Å². The number of hydrogen-bond acceptors (Lipinski definition) is 5. The van der Waals surface area contributed by atoms with Crippen molar-refractivity contribution < 1.29 is 23.8 Å². The molecular weight excluding hydrogens is 272 g/mol. The SMILES string of the molecule is CC[C@@H]1OC(OC(C)=O)[C@H](OC(=O)c2ccccc2)[C@H]1C. The first-order chi connectivity index (χ1) is 10.0. The van der Waals surface area contributed by atoms with Crippen molar-refractivity contribution >= 4 is 11.9 Å². The lowest BCUT2D eigenvalue weighted by molar-refractivity contribution is -0.186. The minimum absolute atomic E-state index is 0.0352. The van der Waals surface area contributed by atoms with Crippen LogP contribution in [-0.4, -0.2) is 30.4 Å². The summed E-state index contributed by atoms with van der Waals surface area (Å²) in [5.41, 5.74) is 0.464. The number of carbonyl (C=O) groups excluding carboxylic acids is 2. The molecule has 1 aliphatic rings. The third-order valence-electron chi connectivity index (χ3n) is 3.62. The van der Waals surface area contributed by atoms with Crippen LogP contribution in [0.1, 0.15) is 37.6 Å². The van der Waals surface area contributed by atoms with Crippen LogP contribution >= 0.6 is 0 Å². The lowest BCUT2D eigenvalue weighted by Gasteiger charge is -2.21. The predicted molar refractivity (Wildman–Crippen MR) is 75.5 cm³/mol. The van der Waals surface area contributed by atoms with Crippen molar-refractivity contribution in [3.63, 3.8) is 0 Å². The van der Waals surface area contributed by atoms with Crippen LogP contribution in [0.25, 0.3) is 0 Å². The van der Waals surface area contributed by atoms with E-state index >= 15 is 0 Å². The second-order valence-electron chi connectivity index (χ2n) is 5.16. The lowest BCUT2D eigenvalue weighted by atomic mass is 9.99. The number of carbonyl (C=O) groups is 2. The molecule has 1 heterocycles. The van der Waals surface area contributed by atoms with Crippen LogP contribution in [-0.2, 0) is 19.0 Å². The number of hydrogen-bond donors (Lipinski definition) is 0. The van der Waals surface area contributed by atoms with Gasteiger partial charge >= 0.3 is 11.9 Å². The maximum atomic E-state index is 12.2. The predicted octanol–water partition coefficient (Wildman–Crippen LogP) is 2.55. The normalized spacial score (nSPS) is 28.1. The van der Waals surface area contributed by atoms with Gasteiger partial charge in [-0.3, -0.25) is 4.79 Å². The monoisotopic (exact) mass is 292 g/mol. The molecule has 0 aromatic heterocycles. The Bertz CT molecular complexity index is 499. The van der Waals surface area contributed by atoms with Gasteiger partial charge in [-0.15, -0.1) is 0 Å². The van der Waals surface area contributed by atoms with E-state index in [2.05, 4.69) is 0 Å². The maximum Gasteiger partial charge on any atom is 0.338 e. The van der Waals surface area contributed by atoms with E-state index in [0.717, 1.165) is 6.42 Å².